The maximum atomic E-state index is 12.3. The Morgan fingerprint density at radius 3 is 2.04 bits per heavy atom. The Hall–Kier alpha value is -2.44. The van der Waals surface area contributed by atoms with Crippen LogP contribution in [0.5, 0.6) is 11.5 Å². The first-order chi connectivity index (χ1) is 11.3. The first kappa shape index (κ1) is 19.6. The van der Waals surface area contributed by atoms with Crippen molar-refractivity contribution >= 4 is 12.0 Å². The number of methoxy groups -OCH3 is 2. The predicted octanol–water partition coefficient (Wildman–Crippen LogP) is 2.35. The molecule has 0 spiro atoms. The summed E-state index contributed by atoms with van der Waals surface area (Å²) in [4.78, 5) is 23.8. The Labute approximate surface area is 142 Å². The largest absolute Gasteiger partial charge is 0.496 e. The zero-order chi connectivity index (χ0) is 18.2. The summed E-state index contributed by atoms with van der Waals surface area (Å²) in [5.74, 6) is 0.596. The number of hydrogen-bond acceptors (Lipinski definition) is 5. The highest BCUT2D eigenvalue weighted by molar-refractivity contribution is 5.99. The molecule has 1 aromatic carbocycles. The Balaban J connectivity index is 2.44. The molecule has 0 aliphatic carbocycles. The molecule has 0 heterocycles. The number of carbonyl (C=O) groups is 2. The average molecular weight is 338 g/mol. The van der Waals surface area contributed by atoms with Gasteiger partial charge in [-0.2, -0.15) is 0 Å². The molecule has 134 valence electrons. The van der Waals surface area contributed by atoms with Crippen LogP contribution in [0.1, 0.15) is 37.6 Å². The zero-order valence-electron chi connectivity index (χ0n) is 14.9. The lowest BCUT2D eigenvalue weighted by atomic mass is 10.1. The summed E-state index contributed by atoms with van der Waals surface area (Å²) >= 11 is 0. The minimum atomic E-state index is -0.529. The summed E-state index contributed by atoms with van der Waals surface area (Å²) in [7, 11) is 2.99. The molecule has 1 aromatic rings. The molecule has 2 N–H and O–H groups in total. The van der Waals surface area contributed by atoms with Crippen LogP contribution in [-0.2, 0) is 4.74 Å². The van der Waals surface area contributed by atoms with Crippen molar-refractivity contribution in [3.05, 3.63) is 23.8 Å². The molecule has 0 unspecified atom stereocenters. The van der Waals surface area contributed by atoms with Crippen LogP contribution in [0, 0.1) is 0 Å². The Morgan fingerprint density at radius 1 is 1.00 bits per heavy atom. The van der Waals surface area contributed by atoms with Gasteiger partial charge in [-0.25, -0.2) is 4.79 Å². The van der Waals surface area contributed by atoms with Gasteiger partial charge in [0.2, 0.25) is 0 Å². The smallest absolute Gasteiger partial charge is 0.407 e. The number of alkyl carbamates (subject to hydrolysis) is 1. The van der Waals surface area contributed by atoms with E-state index in [1.54, 1.807) is 39.0 Å². The third-order valence-electron chi connectivity index (χ3n) is 2.96. The van der Waals surface area contributed by atoms with Gasteiger partial charge in [0.25, 0.3) is 5.91 Å². The van der Waals surface area contributed by atoms with Gasteiger partial charge in [-0.1, -0.05) is 6.07 Å². The monoisotopic (exact) mass is 338 g/mol. The molecule has 1 rings (SSSR count). The number of hydrogen-bond donors (Lipinski definition) is 2. The van der Waals surface area contributed by atoms with E-state index < -0.39 is 11.7 Å². The highest BCUT2D eigenvalue weighted by Gasteiger charge is 2.18. The highest BCUT2D eigenvalue weighted by atomic mass is 16.6. The van der Waals surface area contributed by atoms with Crippen LogP contribution in [-0.4, -0.2) is 44.9 Å². The van der Waals surface area contributed by atoms with E-state index in [0.29, 0.717) is 36.6 Å². The van der Waals surface area contributed by atoms with Gasteiger partial charge in [0, 0.05) is 13.1 Å². The van der Waals surface area contributed by atoms with Crippen LogP contribution in [0.25, 0.3) is 0 Å². The fourth-order valence-electron chi connectivity index (χ4n) is 1.96. The topological polar surface area (TPSA) is 85.9 Å². The van der Waals surface area contributed by atoms with E-state index >= 15 is 0 Å². The Bertz CT molecular complexity index is 544. The molecule has 0 radical (unpaired) electrons. The van der Waals surface area contributed by atoms with Crippen molar-refractivity contribution in [2.45, 2.75) is 32.8 Å². The van der Waals surface area contributed by atoms with E-state index in [0.717, 1.165) is 0 Å². The van der Waals surface area contributed by atoms with Gasteiger partial charge in [0.1, 0.15) is 22.7 Å². The highest BCUT2D eigenvalue weighted by Crippen LogP contribution is 2.27. The molecular formula is C17H26N2O5. The van der Waals surface area contributed by atoms with Crippen molar-refractivity contribution in [1.82, 2.24) is 10.6 Å². The van der Waals surface area contributed by atoms with Crippen molar-refractivity contribution in [2.75, 3.05) is 27.3 Å². The molecule has 0 fully saturated rings. The van der Waals surface area contributed by atoms with E-state index in [9.17, 15) is 9.59 Å². The second kappa shape index (κ2) is 9.00. The van der Waals surface area contributed by atoms with Crippen LogP contribution < -0.4 is 20.1 Å². The summed E-state index contributed by atoms with van der Waals surface area (Å²) in [6, 6.07) is 5.14. The van der Waals surface area contributed by atoms with Gasteiger partial charge in [-0.3, -0.25) is 4.79 Å². The van der Waals surface area contributed by atoms with Crippen molar-refractivity contribution in [3.63, 3.8) is 0 Å². The molecular weight excluding hydrogens is 312 g/mol. The molecule has 0 aromatic heterocycles. The minimum Gasteiger partial charge on any atom is -0.496 e. The maximum Gasteiger partial charge on any atom is 0.407 e. The number of benzene rings is 1. The lowest BCUT2D eigenvalue weighted by Gasteiger charge is -2.19. The lowest BCUT2D eigenvalue weighted by Crippen LogP contribution is -2.34. The van der Waals surface area contributed by atoms with Crippen LogP contribution in [0.2, 0.25) is 0 Å². The van der Waals surface area contributed by atoms with E-state index in [-0.39, 0.29) is 5.91 Å². The fourth-order valence-corrected chi connectivity index (χ4v) is 1.96. The quantitative estimate of drug-likeness (QED) is 0.745. The number of ether oxygens (including phenoxy) is 3. The third-order valence-corrected chi connectivity index (χ3v) is 2.96. The molecule has 0 saturated carbocycles. The molecule has 7 heteroatoms. The Morgan fingerprint density at radius 2 is 1.54 bits per heavy atom. The molecule has 0 aliphatic heterocycles. The van der Waals surface area contributed by atoms with E-state index in [4.69, 9.17) is 14.2 Å². The number of rotatable bonds is 7. The SMILES string of the molecule is COc1cccc(OC)c1C(=O)NCCCNC(=O)OC(C)(C)C. The molecule has 0 saturated heterocycles. The van der Waals surface area contributed by atoms with Gasteiger partial charge >= 0.3 is 6.09 Å². The summed E-state index contributed by atoms with van der Waals surface area (Å²) in [5.41, 5.74) is -0.179. The van der Waals surface area contributed by atoms with Gasteiger partial charge in [-0.15, -0.1) is 0 Å². The molecule has 7 nitrogen and oxygen atoms in total. The van der Waals surface area contributed by atoms with Gasteiger partial charge in [-0.05, 0) is 39.3 Å². The number of amides is 2. The average Bonchev–Trinajstić information content (AvgIpc) is 2.51. The summed E-state index contributed by atoms with van der Waals surface area (Å²) < 4.78 is 15.5. The van der Waals surface area contributed by atoms with Crippen LogP contribution in [0.3, 0.4) is 0 Å². The molecule has 2 amide bonds. The van der Waals surface area contributed by atoms with Gasteiger partial charge in [0.15, 0.2) is 0 Å². The van der Waals surface area contributed by atoms with E-state index in [1.807, 2.05) is 0 Å². The molecule has 0 aliphatic rings. The first-order valence-electron chi connectivity index (χ1n) is 7.74. The van der Waals surface area contributed by atoms with Crippen molar-refractivity contribution in [2.24, 2.45) is 0 Å². The predicted molar refractivity (Wildman–Crippen MR) is 90.7 cm³/mol. The van der Waals surface area contributed by atoms with E-state index in [1.165, 1.54) is 14.2 Å². The summed E-state index contributed by atoms with van der Waals surface area (Å²) in [5, 5.41) is 5.42. The third kappa shape index (κ3) is 6.36. The standard InChI is InChI=1S/C17H26N2O5/c1-17(2,3)24-16(21)19-11-7-10-18-15(20)14-12(22-4)8-6-9-13(14)23-5/h6,8-9H,7,10-11H2,1-5H3,(H,18,20)(H,19,21). The molecule has 0 bridgehead atoms. The second-order valence-corrected chi connectivity index (χ2v) is 6.08. The Kier molecular flexibility index (Phi) is 7.35. The van der Waals surface area contributed by atoms with Crippen molar-refractivity contribution in [1.29, 1.82) is 0 Å². The lowest BCUT2D eigenvalue weighted by molar-refractivity contribution is 0.0527. The zero-order valence-corrected chi connectivity index (χ0v) is 14.9. The van der Waals surface area contributed by atoms with Crippen LogP contribution in [0.15, 0.2) is 18.2 Å². The van der Waals surface area contributed by atoms with E-state index in [2.05, 4.69) is 10.6 Å². The maximum absolute atomic E-state index is 12.3. The number of nitrogens with one attached hydrogen (secondary N) is 2. The molecule has 24 heavy (non-hydrogen) atoms. The van der Waals surface area contributed by atoms with Crippen molar-refractivity contribution in [3.8, 4) is 11.5 Å². The molecule has 0 atom stereocenters. The van der Waals surface area contributed by atoms with Crippen molar-refractivity contribution < 1.29 is 23.8 Å². The fraction of sp³-hybridized carbons (Fsp3) is 0.529. The first-order valence-corrected chi connectivity index (χ1v) is 7.74. The van der Waals surface area contributed by atoms with Gasteiger partial charge < -0.3 is 24.8 Å². The van der Waals surface area contributed by atoms with Gasteiger partial charge in [0.05, 0.1) is 14.2 Å². The normalized spacial score (nSPS) is 10.7. The van der Waals surface area contributed by atoms with Crippen LogP contribution in [0.4, 0.5) is 4.79 Å². The second-order valence-electron chi connectivity index (χ2n) is 6.08. The minimum absolute atomic E-state index is 0.290. The summed E-state index contributed by atoms with van der Waals surface area (Å²) in [6.45, 7) is 6.20. The number of carbonyl (C=O) groups excluding carboxylic acids is 2. The van der Waals surface area contributed by atoms with Crippen LogP contribution >= 0.6 is 0 Å². The summed E-state index contributed by atoms with van der Waals surface area (Å²) in [6.07, 6.45) is 0.0999.